The van der Waals surface area contributed by atoms with Crippen LogP contribution in [0.3, 0.4) is 0 Å². The number of hydrogen-bond acceptors (Lipinski definition) is 5. The monoisotopic (exact) mass is 419 g/mol. The molecular weight excluding hydrogens is 390 g/mol. The number of nitrogens with one attached hydrogen (secondary N) is 1. The standard InChI is InChI=1S/C21H30ClN5O2/c22-17-14-23-21(27-10-4-5-11-27)25-18(17)20(29)26-12-8-16(9-13-26)24-19(28)15-6-2-1-3-7-15/h14-16H,1-13H2,(H,24,28). The van der Waals surface area contributed by atoms with E-state index < -0.39 is 0 Å². The largest absolute Gasteiger partial charge is 0.353 e. The zero-order chi connectivity index (χ0) is 20.2. The summed E-state index contributed by atoms with van der Waals surface area (Å²) >= 11 is 6.25. The zero-order valence-electron chi connectivity index (χ0n) is 16.9. The quantitative estimate of drug-likeness (QED) is 0.811. The number of carbonyl (C=O) groups excluding carboxylic acids is 2. The summed E-state index contributed by atoms with van der Waals surface area (Å²) in [5.74, 6) is 0.815. The Hall–Kier alpha value is -1.89. The van der Waals surface area contributed by atoms with Crippen molar-refractivity contribution in [1.29, 1.82) is 0 Å². The van der Waals surface area contributed by atoms with Crippen molar-refractivity contribution in [2.75, 3.05) is 31.1 Å². The van der Waals surface area contributed by atoms with E-state index in [0.717, 1.165) is 64.5 Å². The van der Waals surface area contributed by atoms with Crippen LogP contribution in [0.15, 0.2) is 6.20 Å². The Morgan fingerprint density at radius 1 is 0.966 bits per heavy atom. The summed E-state index contributed by atoms with van der Waals surface area (Å²) in [7, 11) is 0. The summed E-state index contributed by atoms with van der Waals surface area (Å²) in [4.78, 5) is 38.2. The van der Waals surface area contributed by atoms with Crippen LogP contribution in [0.25, 0.3) is 0 Å². The van der Waals surface area contributed by atoms with Crippen LogP contribution in [0.4, 0.5) is 5.95 Å². The summed E-state index contributed by atoms with van der Waals surface area (Å²) < 4.78 is 0. The summed E-state index contributed by atoms with van der Waals surface area (Å²) in [6.45, 7) is 3.05. The van der Waals surface area contributed by atoms with Crippen molar-refractivity contribution >= 4 is 29.4 Å². The van der Waals surface area contributed by atoms with Crippen LogP contribution in [0.1, 0.15) is 68.3 Å². The van der Waals surface area contributed by atoms with Crippen molar-refractivity contribution in [3.8, 4) is 0 Å². The maximum atomic E-state index is 13.0. The second-order valence-electron chi connectivity index (χ2n) is 8.47. The molecule has 7 nitrogen and oxygen atoms in total. The second-order valence-corrected chi connectivity index (χ2v) is 8.88. The summed E-state index contributed by atoms with van der Waals surface area (Å²) in [5.41, 5.74) is 0.285. The molecule has 0 unspecified atom stereocenters. The number of anilines is 1. The molecule has 2 aliphatic heterocycles. The molecule has 4 rings (SSSR count). The number of carbonyl (C=O) groups is 2. The van der Waals surface area contributed by atoms with Gasteiger partial charge in [-0.2, -0.15) is 0 Å². The lowest BCUT2D eigenvalue weighted by atomic mass is 9.88. The van der Waals surface area contributed by atoms with E-state index in [0.29, 0.717) is 24.1 Å². The summed E-state index contributed by atoms with van der Waals surface area (Å²) in [6, 6.07) is 0.148. The van der Waals surface area contributed by atoms with Crippen molar-refractivity contribution in [2.45, 2.75) is 63.8 Å². The third-order valence-corrected chi connectivity index (χ3v) is 6.70. The number of halogens is 1. The van der Waals surface area contributed by atoms with E-state index in [1.807, 2.05) is 0 Å². The third kappa shape index (κ3) is 4.82. The number of piperidine rings is 1. The number of nitrogens with zero attached hydrogens (tertiary/aromatic N) is 4. The Kier molecular flexibility index (Phi) is 6.53. The molecule has 1 saturated carbocycles. The fraction of sp³-hybridized carbons (Fsp3) is 0.714. The van der Waals surface area contributed by atoms with Crippen LogP contribution in [-0.2, 0) is 4.79 Å². The topological polar surface area (TPSA) is 78.4 Å². The number of likely N-dealkylation sites (tertiary alicyclic amines) is 1. The van der Waals surface area contributed by atoms with Crippen LogP contribution < -0.4 is 10.2 Å². The van der Waals surface area contributed by atoms with Crippen LogP contribution in [0.5, 0.6) is 0 Å². The van der Waals surface area contributed by atoms with Gasteiger partial charge >= 0.3 is 0 Å². The van der Waals surface area contributed by atoms with Crippen molar-refractivity contribution < 1.29 is 9.59 Å². The molecule has 29 heavy (non-hydrogen) atoms. The molecule has 1 N–H and O–H groups in total. The molecule has 3 aliphatic rings. The maximum absolute atomic E-state index is 13.0. The molecule has 1 aliphatic carbocycles. The van der Waals surface area contributed by atoms with E-state index in [1.165, 1.54) is 12.6 Å². The molecule has 1 aromatic heterocycles. The van der Waals surface area contributed by atoms with Gasteiger partial charge in [0.2, 0.25) is 11.9 Å². The number of aromatic nitrogens is 2. The van der Waals surface area contributed by atoms with Crippen molar-refractivity contribution in [1.82, 2.24) is 20.2 Å². The number of rotatable bonds is 4. The van der Waals surface area contributed by atoms with Gasteiger partial charge in [-0.3, -0.25) is 9.59 Å². The average Bonchev–Trinajstić information content (AvgIpc) is 3.30. The fourth-order valence-corrected chi connectivity index (χ4v) is 4.81. The maximum Gasteiger partial charge on any atom is 0.274 e. The van der Waals surface area contributed by atoms with Crippen LogP contribution in [-0.4, -0.2) is 58.9 Å². The molecule has 3 heterocycles. The number of amides is 2. The molecule has 1 aromatic rings. The van der Waals surface area contributed by atoms with Crippen LogP contribution >= 0.6 is 11.6 Å². The van der Waals surface area contributed by atoms with Gasteiger partial charge in [0.1, 0.15) is 0 Å². The van der Waals surface area contributed by atoms with E-state index in [4.69, 9.17) is 11.6 Å². The first kappa shape index (κ1) is 20.4. The first-order valence-corrected chi connectivity index (χ1v) is 11.4. The predicted molar refractivity (Wildman–Crippen MR) is 112 cm³/mol. The van der Waals surface area contributed by atoms with Gasteiger partial charge in [0.15, 0.2) is 5.69 Å². The fourth-order valence-electron chi connectivity index (χ4n) is 4.64. The van der Waals surface area contributed by atoms with Gasteiger partial charge in [-0.05, 0) is 38.5 Å². The highest BCUT2D eigenvalue weighted by Gasteiger charge is 2.29. The molecule has 158 valence electrons. The minimum Gasteiger partial charge on any atom is -0.353 e. The van der Waals surface area contributed by atoms with Crippen LogP contribution in [0, 0.1) is 5.92 Å². The highest BCUT2D eigenvalue weighted by molar-refractivity contribution is 6.33. The van der Waals surface area contributed by atoms with Gasteiger partial charge in [-0.1, -0.05) is 30.9 Å². The molecule has 2 saturated heterocycles. The molecular formula is C21H30ClN5O2. The number of hydrogen-bond donors (Lipinski definition) is 1. The molecule has 0 bridgehead atoms. The van der Waals surface area contributed by atoms with Crippen molar-refractivity contribution in [3.63, 3.8) is 0 Å². The zero-order valence-corrected chi connectivity index (χ0v) is 17.7. The molecule has 0 spiro atoms. The van der Waals surface area contributed by atoms with E-state index in [-0.39, 0.29) is 29.5 Å². The van der Waals surface area contributed by atoms with Gasteiger partial charge < -0.3 is 15.1 Å². The lowest BCUT2D eigenvalue weighted by Crippen LogP contribution is -2.48. The minimum absolute atomic E-state index is 0.144. The van der Waals surface area contributed by atoms with Gasteiger partial charge in [0, 0.05) is 38.1 Å². The van der Waals surface area contributed by atoms with E-state index >= 15 is 0 Å². The summed E-state index contributed by atoms with van der Waals surface area (Å²) in [6.07, 6.45) is 10.9. The molecule has 0 aromatic carbocycles. The summed E-state index contributed by atoms with van der Waals surface area (Å²) in [5, 5.41) is 3.51. The first-order chi connectivity index (χ1) is 14.1. The lowest BCUT2D eigenvalue weighted by Gasteiger charge is -2.33. The van der Waals surface area contributed by atoms with Gasteiger partial charge in [0.05, 0.1) is 11.2 Å². The van der Waals surface area contributed by atoms with Gasteiger partial charge in [-0.15, -0.1) is 0 Å². The van der Waals surface area contributed by atoms with Crippen molar-refractivity contribution in [2.24, 2.45) is 5.92 Å². The Morgan fingerprint density at radius 2 is 1.66 bits per heavy atom. The molecule has 0 radical (unpaired) electrons. The normalized spacial score (nSPS) is 21.4. The molecule has 8 heteroatoms. The highest BCUT2D eigenvalue weighted by atomic mass is 35.5. The first-order valence-electron chi connectivity index (χ1n) is 11.0. The molecule has 0 atom stereocenters. The second kappa shape index (κ2) is 9.28. The molecule has 2 amide bonds. The molecule has 3 fully saturated rings. The lowest BCUT2D eigenvalue weighted by molar-refractivity contribution is -0.126. The van der Waals surface area contributed by atoms with E-state index in [1.54, 1.807) is 4.90 Å². The Balaban J connectivity index is 1.33. The Labute approximate surface area is 177 Å². The SMILES string of the molecule is O=C(NC1CCN(C(=O)c2nc(N3CCCC3)ncc2Cl)CC1)C1CCCCC1. The van der Waals surface area contributed by atoms with Gasteiger partial charge in [-0.25, -0.2) is 9.97 Å². The van der Waals surface area contributed by atoms with Crippen LogP contribution in [0.2, 0.25) is 5.02 Å². The van der Waals surface area contributed by atoms with Gasteiger partial charge in [0.25, 0.3) is 5.91 Å². The highest BCUT2D eigenvalue weighted by Crippen LogP contribution is 2.25. The van der Waals surface area contributed by atoms with E-state index in [2.05, 4.69) is 20.2 Å². The Bertz CT molecular complexity index is 739. The smallest absolute Gasteiger partial charge is 0.274 e. The predicted octanol–water partition coefficient (Wildman–Crippen LogP) is 3.03. The minimum atomic E-state index is -0.144. The average molecular weight is 420 g/mol. The third-order valence-electron chi connectivity index (χ3n) is 6.43. The Morgan fingerprint density at radius 3 is 2.34 bits per heavy atom. The van der Waals surface area contributed by atoms with Crippen molar-refractivity contribution in [3.05, 3.63) is 16.9 Å². The van der Waals surface area contributed by atoms with E-state index in [9.17, 15) is 9.59 Å².